The number of likely N-dealkylation sites (N-methyl/N-ethyl adjacent to an activating group) is 1. The van der Waals surface area contributed by atoms with Crippen LogP contribution in [-0.2, 0) is 4.74 Å². The maximum Gasteiger partial charge on any atom is 0.0589 e. The standard InChI is InChI=1S/C14H25N3O/c1-16(2)13-7-5-12(6-8-13)14(11-15)17(3)9-10-18-4/h5-8,14H,9-11,15H2,1-4H3. The molecule has 0 radical (unpaired) electrons. The molecule has 0 saturated heterocycles. The van der Waals surface area contributed by atoms with Crippen LogP contribution in [0.2, 0.25) is 0 Å². The van der Waals surface area contributed by atoms with Gasteiger partial charge >= 0.3 is 0 Å². The number of benzene rings is 1. The highest BCUT2D eigenvalue weighted by Crippen LogP contribution is 2.21. The van der Waals surface area contributed by atoms with Gasteiger partial charge in [-0.3, -0.25) is 4.90 Å². The topological polar surface area (TPSA) is 41.7 Å². The number of hydrogen-bond acceptors (Lipinski definition) is 4. The first kappa shape index (κ1) is 15.0. The number of nitrogens with zero attached hydrogens (tertiary/aromatic N) is 2. The smallest absolute Gasteiger partial charge is 0.0589 e. The van der Waals surface area contributed by atoms with Crippen molar-refractivity contribution in [2.75, 3.05) is 52.8 Å². The largest absolute Gasteiger partial charge is 0.383 e. The third-order valence-corrected chi connectivity index (χ3v) is 3.20. The molecule has 1 atom stereocenters. The zero-order chi connectivity index (χ0) is 13.5. The maximum absolute atomic E-state index is 5.88. The lowest BCUT2D eigenvalue weighted by Gasteiger charge is -2.27. The summed E-state index contributed by atoms with van der Waals surface area (Å²) in [6, 6.07) is 8.80. The van der Waals surface area contributed by atoms with E-state index in [4.69, 9.17) is 10.5 Å². The van der Waals surface area contributed by atoms with Crippen LogP contribution >= 0.6 is 0 Å². The molecule has 0 heterocycles. The maximum atomic E-state index is 5.88. The van der Waals surface area contributed by atoms with E-state index in [-0.39, 0.29) is 6.04 Å². The molecule has 1 aromatic rings. The normalized spacial score (nSPS) is 12.8. The van der Waals surface area contributed by atoms with Gasteiger partial charge < -0.3 is 15.4 Å². The minimum absolute atomic E-state index is 0.247. The van der Waals surface area contributed by atoms with Crippen LogP contribution in [0.1, 0.15) is 11.6 Å². The number of nitrogens with two attached hydrogens (primary N) is 1. The molecular weight excluding hydrogens is 226 g/mol. The summed E-state index contributed by atoms with van der Waals surface area (Å²) in [6.07, 6.45) is 0. The van der Waals surface area contributed by atoms with Gasteiger partial charge in [-0.15, -0.1) is 0 Å². The van der Waals surface area contributed by atoms with Crippen molar-refractivity contribution >= 4 is 5.69 Å². The third-order valence-electron chi connectivity index (χ3n) is 3.20. The molecule has 1 aromatic carbocycles. The van der Waals surface area contributed by atoms with Crippen LogP contribution in [0.5, 0.6) is 0 Å². The summed E-state index contributed by atoms with van der Waals surface area (Å²) in [5.41, 5.74) is 8.34. The zero-order valence-electron chi connectivity index (χ0n) is 11.9. The summed E-state index contributed by atoms with van der Waals surface area (Å²) < 4.78 is 5.10. The van der Waals surface area contributed by atoms with Crippen LogP contribution in [0.3, 0.4) is 0 Å². The van der Waals surface area contributed by atoms with E-state index in [1.807, 2.05) is 14.1 Å². The first-order valence-electron chi connectivity index (χ1n) is 6.26. The van der Waals surface area contributed by atoms with Gasteiger partial charge in [-0.05, 0) is 24.7 Å². The molecule has 18 heavy (non-hydrogen) atoms. The summed E-state index contributed by atoms with van der Waals surface area (Å²) in [4.78, 5) is 4.32. The molecule has 2 N–H and O–H groups in total. The van der Waals surface area contributed by atoms with Crippen molar-refractivity contribution in [3.8, 4) is 0 Å². The van der Waals surface area contributed by atoms with Crippen LogP contribution in [-0.4, -0.2) is 52.8 Å². The van der Waals surface area contributed by atoms with E-state index in [0.717, 1.165) is 13.2 Å². The molecule has 0 aliphatic heterocycles. The fraction of sp³-hybridized carbons (Fsp3) is 0.571. The summed E-state index contributed by atoms with van der Waals surface area (Å²) in [7, 11) is 7.88. The Hall–Kier alpha value is -1.10. The summed E-state index contributed by atoms with van der Waals surface area (Å²) in [5.74, 6) is 0. The van der Waals surface area contributed by atoms with Crippen molar-refractivity contribution in [1.82, 2.24) is 4.90 Å². The predicted octanol–water partition coefficient (Wildman–Crippen LogP) is 1.33. The van der Waals surface area contributed by atoms with Gasteiger partial charge in [0.05, 0.1) is 6.61 Å². The van der Waals surface area contributed by atoms with Gasteiger partial charge in [0.15, 0.2) is 0 Å². The van der Waals surface area contributed by atoms with Crippen LogP contribution < -0.4 is 10.6 Å². The highest BCUT2D eigenvalue weighted by Gasteiger charge is 2.14. The van der Waals surface area contributed by atoms with E-state index in [0.29, 0.717) is 6.54 Å². The second kappa shape index (κ2) is 7.36. The quantitative estimate of drug-likeness (QED) is 0.794. The number of methoxy groups -OCH3 is 1. The molecule has 1 unspecified atom stereocenters. The fourth-order valence-electron chi connectivity index (χ4n) is 1.96. The Labute approximate surface area is 110 Å². The predicted molar refractivity (Wildman–Crippen MR) is 77.1 cm³/mol. The Morgan fingerprint density at radius 1 is 1.17 bits per heavy atom. The van der Waals surface area contributed by atoms with Gasteiger partial charge in [-0.1, -0.05) is 12.1 Å². The highest BCUT2D eigenvalue weighted by molar-refractivity contribution is 5.46. The van der Waals surface area contributed by atoms with Gasteiger partial charge in [0, 0.05) is 46.0 Å². The van der Waals surface area contributed by atoms with Crippen molar-refractivity contribution in [2.45, 2.75) is 6.04 Å². The lowest BCUT2D eigenvalue weighted by molar-refractivity contribution is 0.140. The van der Waals surface area contributed by atoms with Gasteiger partial charge in [0.1, 0.15) is 0 Å². The third kappa shape index (κ3) is 3.98. The average Bonchev–Trinajstić information content (AvgIpc) is 2.37. The Morgan fingerprint density at radius 2 is 1.78 bits per heavy atom. The molecule has 4 nitrogen and oxygen atoms in total. The van der Waals surface area contributed by atoms with E-state index in [1.54, 1.807) is 7.11 Å². The number of anilines is 1. The molecule has 0 aliphatic rings. The molecule has 1 rings (SSSR count). The minimum Gasteiger partial charge on any atom is -0.383 e. The molecule has 0 spiro atoms. The molecule has 102 valence electrons. The van der Waals surface area contributed by atoms with Crippen molar-refractivity contribution in [2.24, 2.45) is 5.73 Å². The molecule has 0 aromatic heterocycles. The van der Waals surface area contributed by atoms with Crippen molar-refractivity contribution in [3.63, 3.8) is 0 Å². The van der Waals surface area contributed by atoms with Crippen molar-refractivity contribution in [1.29, 1.82) is 0 Å². The Balaban J connectivity index is 2.75. The lowest BCUT2D eigenvalue weighted by atomic mass is 10.1. The van der Waals surface area contributed by atoms with Crippen LogP contribution in [0.25, 0.3) is 0 Å². The van der Waals surface area contributed by atoms with Crippen LogP contribution in [0.15, 0.2) is 24.3 Å². The average molecular weight is 251 g/mol. The molecule has 0 bridgehead atoms. The molecule has 0 amide bonds. The summed E-state index contributed by atoms with van der Waals surface area (Å²) >= 11 is 0. The Bertz CT molecular complexity index is 337. The number of ether oxygens (including phenoxy) is 1. The summed E-state index contributed by atoms with van der Waals surface area (Å²) in [6.45, 7) is 2.22. The highest BCUT2D eigenvalue weighted by atomic mass is 16.5. The molecule has 0 saturated carbocycles. The van der Waals surface area contributed by atoms with E-state index in [9.17, 15) is 0 Å². The SMILES string of the molecule is COCCN(C)C(CN)c1ccc(N(C)C)cc1. The van der Waals surface area contributed by atoms with E-state index in [1.165, 1.54) is 11.3 Å². The first-order chi connectivity index (χ1) is 8.60. The van der Waals surface area contributed by atoms with Crippen LogP contribution in [0, 0.1) is 0 Å². The first-order valence-corrected chi connectivity index (χ1v) is 6.26. The molecule has 4 heteroatoms. The van der Waals surface area contributed by atoms with Gasteiger partial charge in [-0.2, -0.15) is 0 Å². The van der Waals surface area contributed by atoms with Gasteiger partial charge in [0.25, 0.3) is 0 Å². The molecular formula is C14H25N3O. The second-order valence-corrected chi connectivity index (χ2v) is 4.71. The van der Waals surface area contributed by atoms with Crippen molar-refractivity contribution < 1.29 is 4.74 Å². The van der Waals surface area contributed by atoms with E-state index in [2.05, 4.69) is 41.1 Å². The Morgan fingerprint density at radius 3 is 2.22 bits per heavy atom. The zero-order valence-corrected chi connectivity index (χ0v) is 11.9. The van der Waals surface area contributed by atoms with E-state index < -0.39 is 0 Å². The van der Waals surface area contributed by atoms with Gasteiger partial charge in [-0.25, -0.2) is 0 Å². The minimum atomic E-state index is 0.247. The molecule has 0 aliphatic carbocycles. The molecule has 0 fully saturated rings. The van der Waals surface area contributed by atoms with Crippen LogP contribution in [0.4, 0.5) is 5.69 Å². The van der Waals surface area contributed by atoms with Crippen molar-refractivity contribution in [3.05, 3.63) is 29.8 Å². The number of rotatable bonds is 7. The van der Waals surface area contributed by atoms with E-state index >= 15 is 0 Å². The second-order valence-electron chi connectivity index (χ2n) is 4.71. The fourth-order valence-corrected chi connectivity index (χ4v) is 1.96. The summed E-state index contributed by atoms with van der Waals surface area (Å²) in [5, 5.41) is 0. The lowest BCUT2D eigenvalue weighted by Crippen LogP contribution is -2.32. The monoisotopic (exact) mass is 251 g/mol. The van der Waals surface area contributed by atoms with Gasteiger partial charge in [0.2, 0.25) is 0 Å². The Kier molecular flexibility index (Phi) is 6.12. The number of hydrogen-bond donors (Lipinski definition) is 1.